The van der Waals surface area contributed by atoms with Crippen LogP contribution < -0.4 is 0 Å². The minimum Gasteiger partial charge on any atom is -0.301 e. The predicted octanol–water partition coefficient (Wildman–Crippen LogP) is 2.20. The Labute approximate surface area is 89.3 Å². The Morgan fingerprint density at radius 3 is 1.79 bits per heavy atom. The summed E-state index contributed by atoms with van der Waals surface area (Å²) < 4.78 is 0. The van der Waals surface area contributed by atoms with E-state index in [1.54, 1.807) is 0 Å². The molecule has 0 N–H and O–H groups in total. The van der Waals surface area contributed by atoms with E-state index >= 15 is 0 Å². The molecule has 0 atom stereocenters. The average Bonchev–Trinajstić information content (AvgIpc) is 2.28. The molecule has 0 aromatic heterocycles. The first kappa shape index (κ1) is 12.0. The van der Waals surface area contributed by atoms with Gasteiger partial charge in [0.15, 0.2) is 0 Å². The zero-order valence-electron chi connectivity index (χ0n) is 10.3. The van der Waals surface area contributed by atoms with Gasteiger partial charge in [0, 0.05) is 31.7 Å². The number of hydrogen-bond acceptors (Lipinski definition) is 2. The summed E-state index contributed by atoms with van der Waals surface area (Å²) in [5.74, 6) is 0. The van der Waals surface area contributed by atoms with Gasteiger partial charge in [0.05, 0.1) is 0 Å². The van der Waals surface area contributed by atoms with Gasteiger partial charge in [0.2, 0.25) is 0 Å². The molecule has 2 nitrogen and oxygen atoms in total. The Balaban J connectivity index is 2.47. The van der Waals surface area contributed by atoms with Crippen molar-refractivity contribution < 1.29 is 0 Å². The molecular formula is C12H26N2. The van der Waals surface area contributed by atoms with Crippen molar-refractivity contribution in [2.75, 3.05) is 32.7 Å². The molecule has 84 valence electrons. The van der Waals surface area contributed by atoms with E-state index in [9.17, 15) is 0 Å². The number of likely N-dealkylation sites (N-methyl/N-ethyl adjacent to an activating group) is 1. The van der Waals surface area contributed by atoms with E-state index in [4.69, 9.17) is 0 Å². The first-order chi connectivity index (χ1) is 6.66. The van der Waals surface area contributed by atoms with Crippen molar-refractivity contribution >= 4 is 0 Å². The number of hydrogen-bond donors (Lipinski definition) is 0. The lowest BCUT2D eigenvalue weighted by Gasteiger charge is -2.45. The first-order valence-electron chi connectivity index (χ1n) is 6.13. The molecule has 1 fully saturated rings. The van der Waals surface area contributed by atoms with Crippen LogP contribution in [0, 0.1) is 0 Å². The summed E-state index contributed by atoms with van der Waals surface area (Å²) in [5, 5.41) is 0. The van der Waals surface area contributed by atoms with Gasteiger partial charge in [-0.15, -0.1) is 0 Å². The second-order valence-corrected chi connectivity index (χ2v) is 4.63. The smallest absolute Gasteiger partial charge is 0.0177 e. The summed E-state index contributed by atoms with van der Waals surface area (Å²) >= 11 is 0. The molecule has 0 unspecified atom stereocenters. The topological polar surface area (TPSA) is 6.48 Å². The van der Waals surface area contributed by atoms with E-state index in [0.29, 0.717) is 5.54 Å². The van der Waals surface area contributed by atoms with E-state index in [1.807, 2.05) is 0 Å². The van der Waals surface area contributed by atoms with Gasteiger partial charge in [-0.2, -0.15) is 0 Å². The second-order valence-electron chi connectivity index (χ2n) is 4.63. The predicted molar refractivity (Wildman–Crippen MR) is 62.7 cm³/mol. The number of rotatable bonds is 4. The maximum Gasteiger partial charge on any atom is 0.0177 e. The summed E-state index contributed by atoms with van der Waals surface area (Å²) in [6.07, 6.45) is 2.55. The molecule has 0 saturated carbocycles. The molecule has 0 spiro atoms. The van der Waals surface area contributed by atoms with E-state index in [-0.39, 0.29) is 0 Å². The lowest BCUT2D eigenvalue weighted by Crippen LogP contribution is -2.55. The van der Waals surface area contributed by atoms with Gasteiger partial charge in [-0.25, -0.2) is 0 Å². The monoisotopic (exact) mass is 198 g/mol. The summed E-state index contributed by atoms with van der Waals surface area (Å²) in [4.78, 5) is 5.22. The molecule has 0 aromatic rings. The van der Waals surface area contributed by atoms with E-state index in [1.165, 1.54) is 45.6 Å². The van der Waals surface area contributed by atoms with Gasteiger partial charge in [0.25, 0.3) is 0 Å². The van der Waals surface area contributed by atoms with Crippen LogP contribution in [0.2, 0.25) is 0 Å². The second kappa shape index (κ2) is 5.13. The van der Waals surface area contributed by atoms with Gasteiger partial charge in [-0.1, -0.05) is 20.8 Å². The van der Waals surface area contributed by atoms with Crippen molar-refractivity contribution in [3.63, 3.8) is 0 Å². The third kappa shape index (κ3) is 2.48. The maximum atomic E-state index is 2.68. The fraction of sp³-hybridized carbons (Fsp3) is 1.00. The first-order valence-corrected chi connectivity index (χ1v) is 6.13. The van der Waals surface area contributed by atoms with Crippen molar-refractivity contribution in [1.82, 2.24) is 9.80 Å². The largest absolute Gasteiger partial charge is 0.301 e. The minimum atomic E-state index is 0.444. The molecule has 1 rings (SSSR count). The third-order valence-corrected chi connectivity index (χ3v) is 4.11. The van der Waals surface area contributed by atoms with Gasteiger partial charge >= 0.3 is 0 Å². The van der Waals surface area contributed by atoms with Crippen LogP contribution in [0.15, 0.2) is 0 Å². The average molecular weight is 198 g/mol. The van der Waals surface area contributed by atoms with Crippen LogP contribution in [0.1, 0.15) is 40.5 Å². The lowest BCUT2D eigenvalue weighted by molar-refractivity contribution is 0.0387. The molecule has 2 heteroatoms. The van der Waals surface area contributed by atoms with Crippen LogP contribution >= 0.6 is 0 Å². The molecule has 0 bridgehead atoms. The Hall–Kier alpha value is -0.0800. The van der Waals surface area contributed by atoms with Gasteiger partial charge in [-0.05, 0) is 26.3 Å². The van der Waals surface area contributed by atoms with Crippen LogP contribution in [0.25, 0.3) is 0 Å². The highest BCUT2D eigenvalue weighted by molar-refractivity contribution is 4.86. The summed E-state index contributed by atoms with van der Waals surface area (Å²) in [5.41, 5.74) is 0.444. The molecule has 0 aliphatic carbocycles. The van der Waals surface area contributed by atoms with Crippen molar-refractivity contribution in [2.24, 2.45) is 0 Å². The summed E-state index contributed by atoms with van der Waals surface area (Å²) in [7, 11) is 0. The highest BCUT2D eigenvalue weighted by Crippen LogP contribution is 2.24. The Morgan fingerprint density at radius 1 is 0.929 bits per heavy atom. The third-order valence-electron chi connectivity index (χ3n) is 4.11. The Kier molecular flexibility index (Phi) is 4.39. The fourth-order valence-electron chi connectivity index (χ4n) is 2.30. The molecule has 14 heavy (non-hydrogen) atoms. The summed E-state index contributed by atoms with van der Waals surface area (Å²) in [6, 6.07) is 0. The molecule has 1 aliphatic heterocycles. The van der Waals surface area contributed by atoms with E-state index < -0.39 is 0 Å². The van der Waals surface area contributed by atoms with E-state index in [0.717, 1.165) is 0 Å². The van der Waals surface area contributed by atoms with Crippen LogP contribution in [0.3, 0.4) is 0 Å². The quantitative estimate of drug-likeness (QED) is 0.683. The fourth-order valence-corrected chi connectivity index (χ4v) is 2.30. The molecule has 1 saturated heterocycles. The van der Waals surface area contributed by atoms with Crippen LogP contribution in [-0.2, 0) is 0 Å². The van der Waals surface area contributed by atoms with Gasteiger partial charge in [-0.3, -0.25) is 4.90 Å². The van der Waals surface area contributed by atoms with E-state index in [2.05, 4.69) is 37.5 Å². The van der Waals surface area contributed by atoms with Crippen molar-refractivity contribution in [1.29, 1.82) is 0 Å². The standard InChI is InChI=1S/C12H26N2/c1-5-12(4,6-2)14-10-8-13(7-3)9-11-14/h5-11H2,1-4H3. The molecule has 0 amide bonds. The zero-order chi connectivity index (χ0) is 10.6. The molecule has 1 heterocycles. The molecule has 0 aromatic carbocycles. The SMILES string of the molecule is CCN1CCN(C(C)(CC)CC)CC1. The maximum absolute atomic E-state index is 2.68. The van der Waals surface area contributed by atoms with Crippen molar-refractivity contribution in [3.05, 3.63) is 0 Å². The highest BCUT2D eigenvalue weighted by atomic mass is 15.3. The highest BCUT2D eigenvalue weighted by Gasteiger charge is 2.30. The zero-order valence-corrected chi connectivity index (χ0v) is 10.3. The number of piperazine rings is 1. The van der Waals surface area contributed by atoms with Crippen molar-refractivity contribution in [3.8, 4) is 0 Å². The lowest BCUT2D eigenvalue weighted by atomic mass is 9.92. The van der Waals surface area contributed by atoms with Gasteiger partial charge < -0.3 is 4.90 Å². The van der Waals surface area contributed by atoms with Gasteiger partial charge in [0.1, 0.15) is 0 Å². The Bertz CT molecular complexity index is 156. The van der Waals surface area contributed by atoms with Crippen LogP contribution in [0.5, 0.6) is 0 Å². The Morgan fingerprint density at radius 2 is 1.43 bits per heavy atom. The molecule has 0 radical (unpaired) electrons. The van der Waals surface area contributed by atoms with Crippen LogP contribution in [-0.4, -0.2) is 48.1 Å². The van der Waals surface area contributed by atoms with Crippen LogP contribution in [0.4, 0.5) is 0 Å². The van der Waals surface area contributed by atoms with Crippen molar-refractivity contribution in [2.45, 2.75) is 46.1 Å². The number of nitrogens with zero attached hydrogens (tertiary/aromatic N) is 2. The minimum absolute atomic E-state index is 0.444. The molecule has 1 aliphatic rings. The molecular weight excluding hydrogens is 172 g/mol. The normalized spacial score (nSPS) is 21.4. The summed E-state index contributed by atoms with van der Waals surface area (Å²) in [6.45, 7) is 15.5.